The molecular formula is C13H15FN4O2S. The Balaban J connectivity index is 1.99. The van der Waals surface area contributed by atoms with Gasteiger partial charge in [0.25, 0.3) is 10.0 Å². The number of hydrogen-bond donors (Lipinski definition) is 2. The number of piperazine rings is 1. The standard InChI is InChI=1S/C13H15FN4O2S/c14-11-3-1-2-10(6-11)12-7-15-4-5-18(12)21(19,20)13-8-16-9-17-13/h1-3,6,8-9,12,15H,4-5,7H2,(H,16,17). The zero-order valence-corrected chi connectivity index (χ0v) is 12.0. The first-order chi connectivity index (χ1) is 10.1. The van der Waals surface area contributed by atoms with E-state index in [0.717, 1.165) is 0 Å². The Morgan fingerprint density at radius 1 is 1.38 bits per heavy atom. The van der Waals surface area contributed by atoms with Crippen molar-refractivity contribution in [1.82, 2.24) is 19.6 Å². The van der Waals surface area contributed by atoms with Gasteiger partial charge in [-0.3, -0.25) is 0 Å². The Labute approximate surface area is 122 Å². The lowest BCUT2D eigenvalue weighted by Gasteiger charge is -2.35. The van der Waals surface area contributed by atoms with Gasteiger partial charge in [-0.1, -0.05) is 12.1 Å². The lowest BCUT2D eigenvalue weighted by Crippen LogP contribution is -2.48. The van der Waals surface area contributed by atoms with E-state index >= 15 is 0 Å². The average Bonchev–Trinajstić information content (AvgIpc) is 3.02. The molecular weight excluding hydrogens is 295 g/mol. The molecule has 0 saturated carbocycles. The number of nitrogens with one attached hydrogen (secondary N) is 2. The quantitative estimate of drug-likeness (QED) is 0.882. The van der Waals surface area contributed by atoms with Gasteiger partial charge in [0.05, 0.1) is 18.6 Å². The monoisotopic (exact) mass is 310 g/mol. The molecule has 1 saturated heterocycles. The molecule has 3 rings (SSSR count). The smallest absolute Gasteiger partial charge is 0.260 e. The Morgan fingerprint density at radius 3 is 2.95 bits per heavy atom. The maximum absolute atomic E-state index is 13.4. The van der Waals surface area contributed by atoms with Crippen LogP contribution in [0.2, 0.25) is 0 Å². The summed E-state index contributed by atoms with van der Waals surface area (Å²) >= 11 is 0. The Kier molecular flexibility index (Phi) is 3.75. The van der Waals surface area contributed by atoms with Gasteiger partial charge in [-0.25, -0.2) is 17.8 Å². The number of benzene rings is 1. The number of H-pyrrole nitrogens is 1. The Hall–Kier alpha value is -1.77. The fourth-order valence-electron chi connectivity index (χ4n) is 2.48. The van der Waals surface area contributed by atoms with Gasteiger partial charge in [0.1, 0.15) is 5.82 Å². The lowest BCUT2D eigenvalue weighted by atomic mass is 10.1. The Morgan fingerprint density at radius 2 is 2.24 bits per heavy atom. The molecule has 2 N–H and O–H groups in total. The molecule has 1 aliphatic rings. The van der Waals surface area contributed by atoms with Crippen molar-refractivity contribution in [3.05, 3.63) is 48.2 Å². The van der Waals surface area contributed by atoms with Gasteiger partial charge in [-0.05, 0) is 17.7 Å². The number of sulfonamides is 1. The summed E-state index contributed by atoms with van der Waals surface area (Å²) in [6.45, 7) is 1.32. The molecule has 0 amide bonds. The van der Waals surface area contributed by atoms with Gasteiger partial charge in [0.2, 0.25) is 0 Å². The maximum Gasteiger partial charge on any atom is 0.260 e. The highest BCUT2D eigenvalue weighted by molar-refractivity contribution is 7.89. The van der Waals surface area contributed by atoms with Gasteiger partial charge in [-0.15, -0.1) is 0 Å². The number of hydrogen-bond acceptors (Lipinski definition) is 4. The highest BCUT2D eigenvalue weighted by Gasteiger charge is 2.35. The summed E-state index contributed by atoms with van der Waals surface area (Å²) in [5, 5.41) is 3.19. The van der Waals surface area contributed by atoms with Crippen LogP contribution < -0.4 is 5.32 Å². The van der Waals surface area contributed by atoms with E-state index in [4.69, 9.17) is 0 Å². The number of aromatic amines is 1. The minimum absolute atomic E-state index is 0.0470. The lowest BCUT2D eigenvalue weighted by molar-refractivity contribution is 0.270. The first-order valence-electron chi connectivity index (χ1n) is 6.55. The van der Waals surface area contributed by atoms with Crippen molar-refractivity contribution in [3.63, 3.8) is 0 Å². The molecule has 1 atom stereocenters. The maximum atomic E-state index is 13.4. The summed E-state index contributed by atoms with van der Waals surface area (Å²) in [5.74, 6) is -0.378. The minimum atomic E-state index is -3.68. The second kappa shape index (κ2) is 5.55. The van der Waals surface area contributed by atoms with Crippen LogP contribution in [0, 0.1) is 5.82 Å². The molecule has 21 heavy (non-hydrogen) atoms. The highest BCUT2D eigenvalue weighted by atomic mass is 32.2. The molecule has 112 valence electrons. The van der Waals surface area contributed by atoms with E-state index in [9.17, 15) is 12.8 Å². The first kappa shape index (κ1) is 14.2. The van der Waals surface area contributed by atoms with Crippen LogP contribution in [-0.2, 0) is 10.0 Å². The van der Waals surface area contributed by atoms with Crippen LogP contribution in [0.25, 0.3) is 0 Å². The van der Waals surface area contributed by atoms with Crippen LogP contribution in [0.4, 0.5) is 4.39 Å². The van der Waals surface area contributed by atoms with Crippen LogP contribution in [0.1, 0.15) is 11.6 Å². The van der Waals surface area contributed by atoms with Gasteiger partial charge >= 0.3 is 0 Å². The molecule has 0 aliphatic carbocycles. The van der Waals surface area contributed by atoms with E-state index in [0.29, 0.717) is 25.2 Å². The summed E-state index contributed by atoms with van der Waals surface area (Å²) in [7, 11) is -3.68. The van der Waals surface area contributed by atoms with Gasteiger partial charge in [0.15, 0.2) is 5.03 Å². The van der Waals surface area contributed by atoms with Crippen LogP contribution in [0.15, 0.2) is 41.8 Å². The van der Waals surface area contributed by atoms with E-state index in [2.05, 4.69) is 15.3 Å². The minimum Gasteiger partial charge on any atom is -0.335 e. The molecule has 6 nitrogen and oxygen atoms in total. The number of aromatic nitrogens is 2. The molecule has 0 radical (unpaired) electrons. The fraction of sp³-hybridized carbons (Fsp3) is 0.308. The third kappa shape index (κ3) is 2.69. The van der Waals surface area contributed by atoms with Crippen molar-refractivity contribution in [2.24, 2.45) is 0 Å². The molecule has 1 fully saturated rings. The summed E-state index contributed by atoms with van der Waals surface area (Å²) in [5.41, 5.74) is 0.630. The molecule has 1 unspecified atom stereocenters. The molecule has 0 bridgehead atoms. The van der Waals surface area contributed by atoms with Crippen LogP contribution in [0.3, 0.4) is 0 Å². The molecule has 1 aromatic carbocycles. The third-order valence-electron chi connectivity index (χ3n) is 3.49. The largest absolute Gasteiger partial charge is 0.335 e. The molecule has 1 aliphatic heterocycles. The summed E-state index contributed by atoms with van der Waals surface area (Å²) < 4.78 is 40.1. The molecule has 2 aromatic rings. The van der Waals surface area contributed by atoms with E-state index in [1.54, 1.807) is 12.1 Å². The molecule has 1 aromatic heterocycles. The number of halogens is 1. The number of rotatable bonds is 3. The van der Waals surface area contributed by atoms with E-state index in [1.807, 2.05) is 0 Å². The zero-order chi connectivity index (χ0) is 14.9. The fourth-order valence-corrected chi connectivity index (χ4v) is 3.99. The third-order valence-corrected chi connectivity index (χ3v) is 5.32. The van der Waals surface area contributed by atoms with Gasteiger partial charge in [-0.2, -0.15) is 4.31 Å². The van der Waals surface area contributed by atoms with Crippen LogP contribution >= 0.6 is 0 Å². The second-order valence-corrected chi connectivity index (χ2v) is 6.67. The SMILES string of the molecule is O=S(=O)(c1cnc[nH]1)N1CCNCC1c1cccc(F)c1. The molecule has 8 heteroatoms. The molecule has 0 spiro atoms. The average molecular weight is 310 g/mol. The topological polar surface area (TPSA) is 78.1 Å². The van der Waals surface area contributed by atoms with E-state index in [1.165, 1.54) is 29.0 Å². The van der Waals surface area contributed by atoms with Crippen molar-refractivity contribution in [2.75, 3.05) is 19.6 Å². The summed E-state index contributed by atoms with van der Waals surface area (Å²) in [4.78, 5) is 6.38. The Bertz CT molecular complexity index is 718. The highest BCUT2D eigenvalue weighted by Crippen LogP contribution is 2.28. The zero-order valence-electron chi connectivity index (χ0n) is 11.2. The van der Waals surface area contributed by atoms with E-state index < -0.39 is 16.1 Å². The van der Waals surface area contributed by atoms with Gasteiger partial charge in [0, 0.05) is 19.6 Å². The number of imidazole rings is 1. The predicted octanol–water partition coefficient (Wildman–Crippen LogP) is 0.884. The van der Waals surface area contributed by atoms with Gasteiger partial charge < -0.3 is 10.3 Å². The van der Waals surface area contributed by atoms with Crippen molar-refractivity contribution in [2.45, 2.75) is 11.1 Å². The first-order valence-corrected chi connectivity index (χ1v) is 7.99. The van der Waals surface area contributed by atoms with Crippen molar-refractivity contribution in [3.8, 4) is 0 Å². The second-order valence-electron chi connectivity index (χ2n) is 4.81. The predicted molar refractivity (Wildman–Crippen MR) is 74.5 cm³/mol. The van der Waals surface area contributed by atoms with Crippen LogP contribution in [-0.4, -0.2) is 42.3 Å². The molecule has 2 heterocycles. The van der Waals surface area contributed by atoms with Crippen molar-refractivity contribution >= 4 is 10.0 Å². The van der Waals surface area contributed by atoms with Crippen molar-refractivity contribution in [1.29, 1.82) is 0 Å². The summed E-state index contributed by atoms with van der Waals surface area (Å²) in [6.07, 6.45) is 2.60. The van der Waals surface area contributed by atoms with Crippen molar-refractivity contribution < 1.29 is 12.8 Å². The van der Waals surface area contributed by atoms with E-state index in [-0.39, 0.29) is 10.8 Å². The normalized spacial score (nSPS) is 20.5. The van der Waals surface area contributed by atoms with Crippen LogP contribution in [0.5, 0.6) is 0 Å². The summed E-state index contributed by atoms with van der Waals surface area (Å²) in [6, 6.07) is 5.58. The number of nitrogens with zero attached hydrogens (tertiary/aromatic N) is 2.